The molecule has 0 saturated carbocycles. The van der Waals surface area contributed by atoms with Gasteiger partial charge in [-0.25, -0.2) is 0 Å². The Balaban J connectivity index is 1.43. The molecule has 0 atom stereocenters. The zero-order valence-electron chi connectivity index (χ0n) is 17.8. The van der Waals surface area contributed by atoms with Gasteiger partial charge < -0.3 is 9.64 Å². The van der Waals surface area contributed by atoms with Crippen LogP contribution in [0.4, 0.5) is 0 Å². The van der Waals surface area contributed by atoms with E-state index in [4.69, 9.17) is 4.74 Å². The quantitative estimate of drug-likeness (QED) is 0.412. The molecule has 2 heterocycles. The van der Waals surface area contributed by atoms with Crippen molar-refractivity contribution in [2.75, 3.05) is 6.61 Å². The summed E-state index contributed by atoms with van der Waals surface area (Å²) >= 11 is 0. The summed E-state index contributed by atoms with van der Waals surface area (Å²) in [7, 11) is 0. The Kier molecular flexibility index (Phi) is 5.67. The number of hydrogen-bond acceptors (Lipinski definition) is 3. The number of para-hydroxylation sites is 1. The number of ether oxygens (including phenoxy) is 1. The van der Waals surface area contributed by atoms with Gasteiger partial charge in [-0.3, -0.25) is 9.78 Å². The topological polar surface area (TPSA) is 42.4 Å². The van der Waals surface area contributed by atoms with Crippen molar-refractivity contribution < 1.29 is 9.53 Å². The predicted octanol–water partition coefficient (Wildman–Crippen LogP) is 5.53. The first-order chi connectivity index (χ1) is 15.8. The van der Waals surface area contributed by atoms with E-state index in [9.17, 15) is 4.79 Å². The molecular weight excluding hydrogens is 396 g/mol. The molecule has 4 aromatic rings. The fourth-order valence-corrected chi connectivity index (χ4v) is 4.12. The fourth-order valence-electron chi connectivity index (χ4n) is 4.12. The van der Waals surface area contributed by atoms with Gasteiger partial charge in [-0.1, -0.05) is 66.7 Å². The fraction of sp³-hybridized carbons (Fsp3) is 0.143. The Bertz CT molecular complexity index is 1210. The van der Waals surface area contributed by atoms with E-state index in [1.165, 1.54) is 5.56 Å². The second-order valence-electron chi connectivity index (χ2n) is 7.97. The smallest absolute Gasteiger partial charge is 0.258 e. The van der Waals surface area contributed by atoms with Gasteiger partial charge in [0.2, 0.25) is 0 Å². The van der Waals surface area contributed by atoms with E-state index < -0.39 is 0 Å². The number of hydrogen-bond donors (Lipinski definition) is 0. The van der Waals surface area contributed by atoms with Gasteiger partial charge in [0.1, 0.15) is 5.75 Å². The van der Waals surface area contributed by atoms with Gasteiger partial charge in [0.15, 0.2) is 0 Å². The van der Waals surface area contributed by atoms with E-state index >= 15 is 0 Å². The Hall–Kier alpha value is -3.92. The molecule has 0 N–H and O–H groups in total. The molecule has 1 aromatic heterocycles. The minimum atomic E-state index is -0.0206. The average Bonchev–Trinajstić information content (AvgIpc) is 3.34. The number of pyridine rings is 1. The molecule has 4 nitrogen and oxygen atoms in total. The van der Waals surface area contributed by atoms with E-state index in [-0.39, 0.29) is 5.91 Å². The summed E-state index contributed by atoms with van der Waals surface area (Å²) in [6, 6.07) is 28.5. The summed E-state index contributed by atoms with van der Waals surface area (Å²) in [6.07, 6.45) is 4.37. The van der Waals surface area contributed by atoms with Crippen LogP contribution in [0.3, 0.4) is 0 Å². The molecule has 4 heteroatoms. The maximum atomic E-state index is 13.6. The van der Waals surface area contributed by atoms with E-state index in [0.29, 0.717) is 25.3 Å². The molecule has 0 fully saturated rings. The van der Waals surface area contributed by atoms with Crippen LogP contribution in [0, 0.1) is 0 Å². The monoisotopic (exact) mass is 420 g/mol. The standard InChI is InChI=1S/C28H24N2O2/c31-28(26-8-4-7-25-15-18-32-27(25)26)30(20-22-13-16-29-17-14-22)19-21-9-11-24(12-10-21)23-5-2-1-3-6-23/h1-14,16-17H,15,18-20H2. The average molecular weight is 421 g/mol. The highest BCUT2D eigenvalue weighted by molar-refractivity contribution is 5.97. The molecule has 0 unspecified atom stereocenters. The first-order valence-corrected chi connectivity index (χ1v) is 10.9. The molecule has 1 aliphatic rings. The number of benzene rings is 3. The lowest BCUT2D eigenvalue weighted by atomic mass is 10.0. The molecule has 0 saturated heterocycles. The van der Waals surface area contributed by atoms with Crippen LogP contribution < -0.4 is 4.74 Å². The number of rotatable bonds is 6. The molecule has 0 aliphatic carbocycles. The van der Waals surface area contributed by atoms with Crippen LogP contribution in [0.1, 0.15) is 27.0 Å². The minimum Gasteiger partial charge on any atom is -0.492 e. The normalized spacial score (nSPS) is 12.1. The first-order valence-electron chi connectivity index (χ1n) is 10.9. The second kappa shape index (κ2) is 9.06. The van der Waals surface area contributed by atoms with Crippen molar-refractivity contribution in [2.24, 2.45) is 0 Å². The summed E-state index contributed by atoms with van der Waals surface area (Å²) < 4.78 is 5.81. The Morgan fingerprint density at radius 1 is 0.781 bits per heavy atom. The van der Waals surface area contributed by atoms with Gasteiger partial charge in [-0.2, -0.15) is 0 Å². The molecule has 0 bridgehead atoms. The van der Waals surface area contributed by atoms with Gasteiger partial charge in [0.25, 0.3) is 5.91 Å². The highest BCUT2D eigenvalue weighted by Gasteiger charge is 2.24. The molecule has 32 heavy (non-hydrogen) atoms. The number of nitrogens with zero attached hydrogens (tertiary/aromatic N) is 2. The summed E-state index contributed by atoms with van der Waals surface area (Å²) in [5.74, 6) is 0.712. The van der Waals surface area contributed by atoms with E-state index in [1.807, 2.05) is 53.4 Å². The van der Waals surface area contributed by atoms with Gasteiger partial charge in [-0.15, -0.1) is 0 Å². The SMILES string of the molecule is O=C(c1cccc2c1OCC2)N(Cc1ccncc1)Cc1ccc(-c2ccccc2)cc1. The molecule has 0 radical (unpaired) electrons. The number of aromatic nitrogens is 1. The maximum Gasteiger partial charge on any atom is 0.258 e. The zero-order chi connectivity index (χ0) is 21.8. The number of amides is 1. The number of carbonyl (C=O) groups excluding carboxylic acids is 1. The van der Waals surface area contributed by atoms with Gasteiger partial charge in [-0.05, 0) is 46.0 Å². The van der Waals surface area contributed by atoms with Crippen molar-refractivity contribution in [1.29, 1.82) is 0 Å². The molecule has 3 aromatic carbocycles. The molecular formula is C28H24N2O2. The lowest BCUT2D eigenvalue weighted by molar-refractivity contribution is 0.0726. The third-order valence-corrected chi connectivity index (χ3v) is 5.79. The van der Waals surface area contributed by atoms with Crippen LogP contribution in [-0.2, 0) is 19.5 Å². The Labute approximate surface area is 188 Å². The van der Waals surface area contributed by atoms with Crippen molar-refractivity contribution >= 4 is 5.91 Å². The van der Waals surface area contributed by atoms with E-state index in [1.54, 1.807) is 12.4 Å². The third-order valence-electron chi connectivity index (χ3n) is 5.79. The van der Waals surface area contributed by atoms with Crippen molar-refractivity contribution in [1.82, 2.24) is 9.88 Å². The third kappa shape index (κ3) is 4.26. The second-order valence-corrected chi connectivity index (χ2v) is 7.97. The summed E-state index contributed by atoms with van der Waals surface area (Å²) in [4.78, 5) is 19.6. The first kappa shape index (κ1) is 20.0. The lowest BCUT2D eigenvalue weighted by Gasteiger charge is -2.24. The minimum absolute atomic E-state index is 0.0206. The molecule has 1 amide bonds. The van der Waals surface area contributed by atoms with Crippen LogP contribution in [0.2, 0.25) is 0 Å². The highest BCUT2D eigenvalue weighted by Crippen LogP contribution is 2.31. The van der Waals surface area contributed by atoms with Crippen LogP contribution in [0.15, 0.2) is 97.3 Å². The zero-order valence-corrected chi connectivity index (χ0v) is 17.8. The van der Waals surface area contributed by atoms with Gasteiger partial charge in [0.05, 0.1) is 12.2 Å². The van der Waals surface area contributed by atoms with E-state index in [2.05, 4.69) is 41.4 Å². The highest BCUT2D eigenvalue weighted by atomic mass is 16.5. The summed E-state index contributed by atoms with van der Waals surface area (Å²) in [5, 5.41) is 0. The summed E-state index contributed by atoms with van der Waals surface area (Å²) in [5.41, 5.74) is 6.21. The maximum absolute atomic E-state index is 13.6. The Morgan fingerprint density at radius 2 is 1.47 bits per heavy atom. The van der Waals surface area contributed by atoms with Crippen LogP contribution in [-0.4, -0.2) is 22.4 Å². The van der Waals surface area contributed by atoms with Gasteiger partial charge >= 0.3 is 0 Å². The van der Waals surface area contributed by atoms with E-state index in [0.717, 1.165) is 34.4 Å². The van der Waals surface area contributed by atoms with Crippen molar-refractivity contribution in [3.05, 3.63) is 120 Å². The number of carbonyl (C=O) groups is 1. The van der Waals surface area contributed by atoms with Gasteiger partial charge in [0, 0.05) is 31.9 Å². The van der Waals surface area contributed by atoms with Crippen LogP contribution >= 0.6 is 0 Å². The Morgan fingerprint density at radius 3 is 2.22 bits per heavy atom. The van der Waals surface area contributed by atoms with Crippen molar-refractivity contribution in [3.8, 4) is 16.9 Å². The molecule has 158 valence electrons. The van der Waals surface area contributed by atoms with Crippen molar-refractivity contribution in [2.45, 2.75) is 19.5 Å². The number of fused-ring (bicyclic) bond motifs is 1. The molecule has 5 rings (SSSR count). The molecule has 0 spiro atoms. The predicted molar refractivity (Wildman–Crippen MR) is 125 cm³/mol. The van der Waals surface area contributed by atoms with Crippen molar-refractivity contribution in [3.63, 3.8) is 0 Å². The lowest BCUT2D eigenvalue weighted by Crippen LogP contribution is -2.30. The van der Waals surface area contributed by atoms with Crippen LogP contribution in [0.5, 0.6) is 5.75 Å². The summed E-state index contributed by atoms with van der Waals surface area (Å²) in [6.45, 7) is 1.65. The van der Waals surface area contributed by atoms with Crippen LogP contribution in [0.25, 0.3) is 11.1 Å². The largest absolute Gasteiger partial charge is 0.492 e. The molecule has 1 aliphatic heterocycles.